The molecule has 92 valence electrons. The van der Waals surface area contributed by atoms with Gasteiger partial charge in [0.15, 0.2) is 0 Å². The number of carbonyl (C=O) groups excluding carboxylic acids is 1. The van der Waals surface area contributed by atoms with Gasteiger partial charge in [0, 0.05) is 6.04 Å². The Morgan fingerprint density at radius 1 is 1.59 bits per heavy atom. The Labute approximate surface area is 98.9 Å². The number of benzene rings is 1. The molecular formula is C12H15FN2O2. The monoisotopic (exact) mass is 238 g/mol. The summed E-state index contributed by atoms with van der Waals surface area (Å²) in [5.74, 6) is -0.836. The molecule has 0 saturated carbocycles. The Kier molecular flexibility index (Phi) is 3.58. The summed E-state index contributed by atoms with van der Waals surface area (Å²) in [5.41, 5.74) is 5.25. The van der Waals surface area contributed by atoms with Crippen LogP contribution in [0.4, 0.5) is 4.39 Å². The summed E-state index contributed by atoms with van der Waals surface area (Å²) < 4.78 is 18.5. The molecule has 0 aliphatic carbocycles. The summed E-state index contributed by atoms with van der Waals surface area (Å²) in [6, 6.07) is 4.08. The molecule has 5 heteroatoms. The molecule has 1 heterocycles. The molecule has 3 N–H and O–H groups in total. The van der Waals surface area contributed by atoms with Crippen molar-refractivity contribution in [2.45, 2.75) is 18.9 Å². The molecule has 1 aromatic carbocycles. The van der Waals surface area contributed by atoms with Crippen molar-refractivity contribution in [2.24, 2.45) is 5.73 Å². The lowest BCUT2D eigenvalue weighted by molar-refractivity contribution is 0.0995. The molecule has 0 radical (unpaired) electrons. The highest BCUT2D eigenvalue weighted by Gasteiger charge is 2.16. The van der Waals surface area contributed by atoms with E-state index < -0.39 is 11.7 Å². The van der Waals surface area contributed by atoms with E-state index >= 15 is 0 Å². The van der Waals surface area contributed by atoms with Gasteiger partial charge < -0.3 is 15.8 Å². The Morgan fingerprint density at radius 2 is 2.41 bits per heavy atom. The number of hydrogen-bond donors (Lipinski definition) is 2. The fourth-order valence-corrected chi connectivity index (χ4v) is 1.91. The van der Waals surface area contributed by atoms with Gasteiger partial charge in [0.2, 0.25) is 0 Å². The smallest absolute Gasteiger partial charge is 0.252 e. The van der Waals surface area contributed by atoms with E-state index in [2.05, 4.69) is 5.32 Å². The largest absolute Gasteiger partial charge is 0.491 e. The number of nitrogens with one attached hydrogen (secondary N) is 1. The molecule has 4 nitrogen and oxygen atoms in total. The molecule has 1 amide bonds. The molecule has 1 atom stereocenters. The number of carbonyl (C=O) groups is 1. The number of ether oxygens (including phenoxy) is 1. The fourth-order valence-electron chi connectivity index (χ4n) is 1.91. The Balaban J connectivity index is 2.06. The van der Waals surface area contributed by atoms with Gasteiger partial charge in [-0.25, -0.2) is 4.39 Å². The molecule has 2 rings (SSSR count). The maximum absolute atomic E-state index is 13.0. The predicted molar refractivity (Wildman–Crippen MR) is 61.4 cm³/mol. The maximum Gasteiger partial charge on any atom is 0.252 e. The highest BCUT2D eigenvalue weighted by molar-refractivity contribution is 5.95. The van der Waals surface area contributed by atoms with Crippen LogP contribution in [0.1, 0.15) is 23.2 Å². The first kappa shape index (κ1) is 11.9. The second-order valence-electron chi connectivity index (χ2n) is 4.11. The molecule has 0 bridgehead atoms. The number of hydrogen-bond acceptors (Lipinski definition) is 3. The van der Waals surface area contributed by atoms with Gasteiger partial charge in [-0.15, -0.1) is 0 Å². The Hall–Kier alpha value is -1.62. The van der Waals surface area contributed by atoms with E-state index in [1.807, 2.05) is 0 Å². The number of halogens is 1. The standard InChI is InChI=1S/C12H15FN2O2/c13-8-3-4-11(10(6-8)12(14)16)17-7-9-2-1-5-15-9/h3-4,6,9,15H,1-2,5,7H2,(H2,14,16). The topological polar surface area (TPSA) is 64.4 Å². The van der Waals surface area contributed by atoms with Crippen molar-refractivity contribution in [1.82, 2.24) is 5.32 Å². The van der Waals surface area contributed by atoms with Crippen molar-refractivity contribution < 1.29 is 13.9 Å². The number of rotatable bonds is 4. The van der Waals surface area contributed by atoms with Gasteiger partial charge in [0.1, 0.15) is 18.2 Å². The van der Waals surface area contributed by atoms with E-state index in [1.165, 1.54) is 12.1 Å². The lowest BCUT2D eigenvalue weighted by Gasteiger charge is -2.13. The predicted octanol–water partition coefficient (Wildman–Crippen LogP) is 1.06. The average Bonchev–Trinajstić information content (AvgIpc) is 2.80. The van der Waals surface area contributed by atoms with Gasteiger partial charge in [-0.05, 0) is 37.6 Å². The average molecular weight is 238 g/mol. The van der Waals surface area contributed by atoms with Crippen molar-refractivity contribution >= 4 is 5.91 Å². The highest BCUT2D eigenvalue weighted by Crippen LogP contribution is 2.20. The van der Waals surface area contributed by atoms with E-state index in [0.717, 1.165) is 25.5 Å². The van der Waals surface area contributed by atoms with Gasteiger partial charge in [-0.2, -0.15) is 0 Å². The zero-order chi connectivity index (χ0) is 12.3. The van der Waals surface area contributed by atoms with Crippen molar-refractivity contribution in [3.05, 3.63) is 29.6 Å². The second kappa shape index (κ2) is 5.14. The van der Waals surface area contributed by atoms with E-state index in [9.17, 15) is 9.18 Å². The number of primary amides is 1. The lowest BCUT2D eigenvalue weighted by Crippen LogP contribution is -2.28. The van der Waals surface area contributed by atoms with Crippen LogP contribution in [0.25, 0.3) is 0 Å². The van der Waals surface area contributed by atoms with Gasteiger partial charge >= 0.3 is 0 Å². The van der Waals surface area contributed by atoms with Crippen LogP contribution >= 0.6 is 0 Å². The van der Waals surface area contributed by atoms with Crippen LogP contribution in [-0.4, -0.2) is 25.1 Å². The van der Waals surface area contributed by atoms with Crippen molar-refractivity contribution in [1.29, 1.82) is 0 Å². The summed E-state index contributed by atoms with van der Waals surface area (Å²) >= 11 is 0. The van der Waals surface area contributed by atoms with Gasteiger partial charge in [-0.3, -0.25) is 4.79 Å². The van der Waals surface area contributed by atoms with Crippen molar-refractivity contribution in [3.8, 4) is 5.75 Å². The van der Waals surface area contributed by atoms with E-state index in [0.29, 0.717) is 18.4 Å². The summed E-state index contributed by atoms with van der Waals surface area (Å²) in [5, 5.41) is 3.27. The van der Waals surface area contributed by atoms with Crippen LogP contribution in [0.5, 0.6) is 5.75 Å². The van der Waals surface area contributed by atoms with Gasteiger partial charge in [0.05, 0.1) is 5.56 Å². The molecule has 1 aliphatic heterocycles. The minimum absolute atomic E-state index is 0.0861. The molecule has 0 aromatic heterocycles. The summed E-state index contributed by atoms with van der Waals surface area (Å²) in [6.45, 7) is 1.45. The molecule has 1 unspecified atom stereocenters. The van der Waals surface area contributed by atoms with Crippen LogP contribution < -0.4 is 15.8 Å². The lowest BCUT2D eigenvalue weighted by atomic mass is 10.2. The SMILES string of the molecule is NC(=O)c1cc(F)ccc1OCC1CCCN1. The first-order chi connectivity index (χ1) is 8.16. The zero-order valence-electron chi connectivity index (χ0n) is 9.41. The molecule has 17 heavy (non-hydrogen) atoms. The van der Waals surface area contributed by atoms with Crippen LogP contribution in [0, 0.1) is 5.82 Å². The molecule has 0 spiro atoms. The molecule has 1 fully saturated rings. The van der Waals surface area contributed by atoms with Crippen LogP contribution in [0.15, 0.2) is 18.2 Å². The van der Waals surface area contributed by atoms with Gasteiger partial charge in [0.25, 0.3) is 5.91 Å². The minimum Gasteiger partial charge on any atom is -0.491 e. The molecular weight excluding hydrogens is 223 g/mol. The Morgan fingerprint density at radius 3 is 3.06 bits per heavy atom. The minimum atomic E-state index is -0.682. The van der Waals surface area contributed by atoms with Crippen molar-refractivity contribution in [3.63, 3.8) is 0 Å². The summed E-state index contributed by atoms with van der Waals surface area (Å²) in [7, 11) is 0. The van der Waals surface area contributed by atoms with Crippen LogP contribution in [-0.2, 0) is 0 Å². The second-order valence-corrected chi connectivity index (χ2v) is 4.11. The third-order valence-corrected chi connectivity index (χ3v) is 2.81. The van der Waals surface area contributed by atoms with E-state index in [4.69, 9.17) is 10.5 Å². The van der Waals surface area contributed by atoms with Crippen LogP contribution in [0.3, 0.4) is 0 Å². The highest BCUT2D eigenvalue weighted by atomic mass is 19.1. The third kappa shape index (κ3) is 2.94. The third-order valence-electron chi connectivity index (χ3n) is 2.81. The first-order valence-corrected chi connectivity index (χ1v) is 5.62. The van der Waals surface area contributed by atoms with Crippen LogP contribution in [0.2, 0.25) is 0 Å². The first-order valence-electron chi connectivity index (χ1n) is 5.62. The zero-order valence-corrected chi connectivity index (χ0v) is 9.41. The summed E-state index contributed by atoms with van der Waals surface area (Å²) in [6.07, 6.45) is 2.17. The van der Waals surface area contributed by atoms with Crippen molar-refractivity contribution in [2.75, 3.05) is 13.2 Å². The Bertz CT molecular complexity index is 417. The molecule has 1 aromatic rings. The maximum atomic E-state index is 13.0. The molecule has 1 aliphatic rings. The van der Waals surface area contributed by atoms with Gasteiger partial charge in [-0.1, -0.05) is 0 Å². The molecule has 1 saturated heterocycles. The number of amides is 1. The van der Waals surface area contributed by atoms with E-state index in [1.54, 1.807) is 0 Å². The summed E-state index contributed by atoms with van der Waals surface area (Å²) in [4.78, 5) is 11.1. The van der Waals surface area contributed by atoms with E-state index in [-0.39, 0.29) is 5.56 Å². The normalized spacial score (nSPS) is 19.2. The number of nitrogens with two attached hydrogens (primary N) is 1. The fraction of sp³-hybridized carbons (Fsp3) is 0.417. The quantitative estimate of drug-likeness (QED) is 0.824.